The van der Waals surface area contributed by atoms with Crippen LogP contribution in [0.2, 0.25) is 0 Å². The van der Waals surface area contributed by atoms with Gasteiger partial charge in [-0.3, -0.25) is 14.5 Å². The lowest BCUT2D eigenvalue weighted by Crippen LogP contribution is -2.46. The zero-order valence-corrected chi connectivity index (χ0v) is 33.8. The minimum absolute atomic E-state index is 0.0116. The largest absolute Gasteiger partial charge is 0.507 e. The van der Waals surface area contributed by atoms with Crippen molar-refractivity contribution < 1.29 is 58.4 Å². The Balaban J connectivity index is 0.917. The van der Waals surface area contributed by atoms with Crippen LogP contribution in [-0.2, 0) is 28.4 Å². The van der Waals surface area contributed by atoms with Crippen LogP contribution in [0, 0.1) is 0 Å². The van der Waals surface area contributed by atoms with Crippen molar-refractivity contribution in [2.24, 2.45) is 0 Å². The van der Waals surface area contributed by atoms with E-state index in [1.165, 1.54) is 4.90 Å². The zero-order chi connectivity index (χ0) is 41.3. The van der Waals surface area contributed by atoms with Gasteiger partial charge in [0.15, 0.2) is 18.9 Å². The Morgan fingerprint density at radius 1 is 0.610 bits per heavy atom. The van der Waals surface area contributed by atoms with Gasteiger partial charge in [0.25, 0.3) is 11.8 Å². The van der Waals surface area contributed by atoms with Crippen LogP contribution < -0.4 is 0 Å². The first-order valence-electron chi connectivity index (χ1n) is 21.4. The van der Waals surface area contributed by atoms with Gasteiger partial charge in [-0.25, -0.2) is 0 Å². The molecule has 2 amide bonds. The lowest BCUT2D eigenvalue weighted by Gasteiger charge is -2.38. The Morgan fingerprint density at radius 2 is 1.10 bits per heavy atom. The number of ether oxygens (including phenoxy) is 6. The summed E-state index contributed by atoms with van der Waals surface area (Å²) in [7, 11) is 0. The summed E-state index contributed by atoms with van der Waals surface area (Å²) in [5.41, 5.74) is 1.92. The van der Waals surface area contributed by atoms with Gasteiger partial charge in [0.1, 0.15) is 11.5 Å². The predicted octanol–water partition coefficient (Wildman–Crippen LogP) is 7.21. The molecule has 4 N–H and O–H groups in total. The van der Waals surface area contributed by atoms with E-state index in [9.17, 15) is 30.0 Å². The van der Waals surface area contributed by atoms with E-state index in [-0.39, 0.29) is 73.1 Å². The van der Waals surface area contributed by atoms with Crippen LogP contribution in [0.5, 0.6) is 11.5 Å². The maximum Gasteiger partial charge on any atom is 0.261 e. The summed E-state index contributed by atoms with van der Waals surface area (Å²) in [5, 5.41) is 41.8. The van der Waals surface area contributed by atoms with E-state index in [0.717, 1.165) is 38.5 Å². The molecule has 3 aromatic rings. The number of unbranched alkanes of at least 4 members (excludes halogenated alkanes) is 1. The van der Waals surface area contributed by atoms with Crippen LogP contribution in [0.25, 0.3) is 0 Å². The second-order valence-corrected chi connectivity index (χ2v) is 16.4. The summed E-state index contributed by atoms with van der Waals surface area (Å²) in [6.07, 6.45) is 4.96. The molecule has 3 aromatic carbocycles. The van der Waals surface area contributed by atoms with Crippen LogP contribution in [0.1, 0.15) is 135 Å². The second kappa shape index (κ2) is 20.6. The van der Waals surface area contributed by atoms with Gasteiger partial charge in [-0.15, -0.1) is 0 Å². The van der Waals surface area contributed by atoms with Gasteiger partial charge >= 0.3 is 0 Å². The Hall–Kier alpha value is -3.92. The molecule has 0 radical (unpaired) electrons. The third kappa shape index (κ3) is 11.3. The minimum Gasteiger partial charge on any atom is -0.507 e. The molecule has 0 saturated carbocycles. The Bertz CT molecular complexity index is 1810. The van der Waals surface area contributed by atoms with E-state index < -0.39 is 25.0 Å². The number of phenolic OH excluding ortho intramolecular Hbond substituents is 2. The molecule has 4 heterocycles. The zero-order valence-electron chi connectivity index (χ0n) is 33.8. The number of benzene rings is 3. The van der Waals surface area contributed by atoms with Crippen molar-refractivity contribution in [3.05, 3.63) is 95.1 Å². The second-order valence-electron chi connectivity index (χ2n) is 16.4. The predicted molar refractivity (Wildman–Crippen MR) is 215 cm³/mol. The van der Waals surface area contributed by atoms with Gasteiger partial charge in [-0.2, -0.15) is 0 Å². The fraction of sp³-hybridized carbons (Fsp3) is 0.565. The molecular formula is C46H59NO12. The monoisotopic (exact) mass is 817 g/mol. The number of nitrogens with zero attached hydrogens (tertiary/aromatic N) is 1. The first-order chi connectivity index (χ1) is 28.6. The first kappa shape index (κ1) is 43.2. The Labute approximate surface area is 346 Å². The molecule has 7 rings (SSSR count). The standard InChI is InChI=1S/C46H59NO12/c1-29-24-31(57-45(54-29)38-19-4-6-21-40(38)50)15-11-16-34-27-35(59-46(58-34)39-20-5-7-22-41(39)51)25-30(49)12-10-14-33-26-32(13-8-9-23-48)55-42(56-33)28-47-43(52)36-17-2-3-18-37(36)44(47)53/h2-7,17-22,29-35,42,45-46,48-51H,8-16,23-28H2,1H3. The van der Waals surface area contributed by atoms with Gasteiger partial charge < -0.3 is 48.8 Å². The molecule has 10 atom stereocenters. The summed E-state index contributed by atoms with van der Waals surface area (Å²) in [6.45, 7) is 2.10. The maximum atomic E-state index is 13.1. The number of aromatic hydroxyl groups is 2. The topological polar surface area (TPSA) is 174 Å². The molecule has 0 bridgehead atoms. The summed E-state index contributed by atoms with van der Waals surface area (Å²) >= 11 is 0. The molecule has 0 aliphatic carbocycles. The molecule has 3 fully saturated rings. The molecule has 13 nitrogen and oxygen atoms in total. The van der Waals surface area contributed by atoms with Crippen molar-refractivity contribution in [3.63, 3.8) is 0 Å². The molecular weight excluding hydrogens is 759 g/mol. The average Bonchev–Trinajstić information content (AvgIpc) is 3.45. The summed E-state index contributed by atoms with van der Waals surface area (Å²) in [5.74, 6) is -0.482. The number of rotatable bonds is 18. The molecule has 4 aliphatic rings. The van der Waals surface area contributed by atoms with Crippen LogP contribution in [0.15, 0.2) is 72.8 Å². The molecule has 0 spiro atoms. The summed E-state index contributed by atoms with van der Waals surface area (Å²) in [4.78, 5) is 27.4. The highest BCUT2D eigenvalue weighted by atomic mass is 16.7. The van der Waals surface area contributed by atoms with Crippen LogP contribution in [-0.4, -0.2) is 99.3 Å². The number of fused-ring (bicyclic) bond motifs is 1. The van der Waals surface area contributed by atoms with Crippen LogP contribution in [0.4, 0.5) is 0 Å². The molecule has 320 valence electrons. The van der Waals surface area contributed by atoms with E-state index in [4.69, 9.17) is 28.4 Å². The number of hydrogen-bond donors (Lipinski definition) is 4. The smallest absolute Gasteiger partial charge is 0.261 e. The highest BCUT2D eigenvalue weighted by molar-refractivity contribution is 6.21. The fourth-order valence-corrected chi connectivity index (χ4v) is 8.81. The molecule has 4 aliphatic heterocycles. The number of carbonyl (C=O) groups excluding carboxylic acids is 2. The van der Waals surface area contributed by atoms with Crippen molar-refractivity contribution in [1.29, 1.82) is 0 Å². The van der Waals surface area contributed by atoms with Crippen molar-refractivity contribution >= 4 is 11.8 Å². The van der Waals surface area contributed by atoms with Gasteiger partial charge in [0.05, 0.1) is 60.4 Å². The van der Waals surface area contributed by atoms with E-state index in [1.54, 1.807) is 54.6 Å². The van der Waals surface area contributed by atoms with Gasteiger partial charge in [0.2, 0.25) is 0 Å². The number of aliphatic hydroxyl groups excluding tert-OH is 2. The number of imide groups is 1. The number of amides is 2. The highest BCUT2D eigenvalue weighted by Gasteiger charge is 2.40. The van der Waals surface area contributed by atoms with Gasteiger partial charge in [-0.1, -0.05) is 48.5 Å². The lowest BCUT2D eigenvalue weighted by atomic mass is 9.95. The number of carbonyl (C=O) groups is 2. The fourth-order valence-electron chi connectivity index (χ4n) is 8.81. The van der Waals surface area contributed by atoms with Crippen LogP contribution >= 0.6 is 0 Å². The average molecular weight is 818 g/mol. The summed E-state index contributed by atoms with van der Waals surface area (Å²) < 4.78 is 37.7. The molecule has 13 heteroatoms. The van der Waals surface area contributed by atoms with Crippen molar-refractivity contribution in [2.75, 3.05) is 13.2 Å². The Morgan fingerprint density at radius 3 is 1.71 bits per heavy atom. The van der Waals surface area contributed by atoms with E-state index >= 15 is 0 Å². The van der Waals surface area contributed by atoms with Gasteiger partial charge in [-0.05, 0) is 102 Å². The van der Waals surface area contributed by atoms with Gasteiger partial charge in [0, 0.05) is 30.6 Å². The molecule has 0 aromatic heterocycles. The number of hydrogen-bond acceptors (Lipinski definition) is 12. The van der Waals surface area contributed by atoms with Crippen molar-refractivity contribution in [1.82, 2.24) is 4.90 Å². The maximum absolute atomic E-state index is 13.1. The van der Waals surface area contributed by atoms with E-state index in [1.807, 2.05) is 25.1 Å². The minimum atomic E-state index is -0.783. The third-order valence-electron chi connectivity index (χ3n) is 11.8. The summed E-state index contributed by atoms with van der Waals surface area (Å²) in [6, 6.07) is 20.8. The van der Waals surface area contributed by atoms with Crippen molar-refractivity contribution in [3.8, 4) is 11.5 Å². The first-order valence-corrected chi connectivity index (χ1v) is 21.4. The molecule has 10 unspecified atom stereocenters. The number of aliphatic hydroxyl groups is 2. The van der Waals surface area contributed by atoms with Crippen molar-refractivity contribution in [2.45, 2.75) is 152 Å². The number of phenols is 2. The quantitative estimate of drug-likeness (QED) is 0.0752. The lowest BCUT2D eigenvalue weighted by molar-refractivity contribution is -0.256. The Kier molecular flexibility index (Phi) is 15.0. The number of para-hydroxylation sites is 2. The SMILES string of the molecule is CC1CC(CCCC2CC(CC(O)CCCC3CC(CCCCO)OC(CN4C(=O)c5ccccc5C4=O)O3)OC(c3ccccc3O)O2)OC(c2ccccc2O)O1. The van der Waals surface area contributed by atoms with E-state index in [2.05, 4.69) is 0 Å². The molecule has 59 heavy (non-hydrogen) atoms. The normalized spacial score (nSPS) is 29.1. The highest BCUT2D eigenvalue weighted by Crippen LogP contribution is 2.39. The third-order valence-corrected chi connectivity index (χ3v) is 11.8. The van der Waals surface area contributed by atoms with Crippen LogP contribution in [0.3, 0.4) is 0 Å². The molecule has 3 saturated heterocycles. The van der Waals surface area contributed by atoms with E-state index in [0.29, 0.717) is 67.2 Å².